The van der Waals surface area contributed by atoms with Gasteiger partial charge in [-0.2, -0.15) is 20.5 Å². The summed E-state index contributed by atoms with van der Waals surface area (Å²) in [5.74, 6) is 0.975. The summed E-state index contributed by atoms with van der Waals surface area (Å²) in [7, 11) is 0. The maximum atomic E-state index is 10.8. The molecule has 0 aliphatic carbocycles. The third-order valence-electron chi connectivity index (χ3n) is 11.0. The predicted molar refractivity (Wildman–Crippen MR) is 245 cm³/mol. The van der Waals surface area contributed by atoms with Gasteiger partial charge in [0.1, 0.15) is 23.6 Å². The van der Waals surface area contributed by atoms with E-state index in [1.165, 1.54) is 0 Å². The highest BCUT2D eigenvalue weighted by Crippen LogP contribution is 2.33. The Hall–Kier alpha value is -8.24. The SMILES string of the molecule is CC[C@@H](C)Oc1ccc(-c2nc(-c3cccc4c3ccn4CCCC(=O)O)no2)cc1C#N.CC[C@H](C)Oc1ccc(-c2nc(-c3cccc4c3ccn4CCCC(=O)O)no2)cc1C#N. The Morgan fingerprint density at radius 3 is 1.45 bits per heavy atom. The Balaban J connectivity index is 0.000000196. The lowest BCUT2D eigenvalue weighted by molar-refractivity contribution is -0.138. The van der Waals surface area contributed by atoms with Crippen LogP contribution in [0.1, 0.15) is 77.3 Å². The lowest BCUT2D eigenvalue weighted by atomic mass is 10.1. The van der Waals surface area contributed by atoms with Crippen LogP contribution >= 0.6 is 0 Å². The van der Waals surface area contributed by atoms with Crippen molar-refractivity contribution in [2.24, 2.45) is 0 Å². The van der Waals surface area contributed by atoms with Crippen LogP contribution in [-0.4, -0.2) is 63.8 Å². The van der Waals surface area contributed by atoms with Gasteiger partial charge in [0.25, 0.3) is 11.8 Å². The number of rotatable bonds is 18. The molecule has 336 valence electrons. The molecule has 0 saturated heterocycles. The molecular formula is C50H48N8O8. The predicted octanol–water partition coefficient (Wildman–Crippen LogP) is 10.5. The lowest BCUT2D eigenvalue weighted by Crippen LogP contribution is -2.10. The molecule has 0 amide bonds. The van der Waals surface area contributed by atoms with Gasteiger partial charge in [0.05, 0.1) is 23.3 Å². The molecule has 0 bridgehead atoms. The van der Waals surface area contributed by atoms with E-state index < -0.39 is 11.9 Å². The molecule has 0 spiro atoms. The number of carboxylic acids is 2. The first kappa shape index (κ1) is 45.8. The number of aromatic nitrogens is 6. The second-order valence-corrected chi connectivity index (χ2v) is 15.7. The van der Waals surface area contributed by atoms with E-state index in [4.69, 9.17) is 28.7 Å². The second kappa shape index (κ2) is 21.0. The highest BCUT2D eigenvalue weighted by Gasteiger charge is 2.19. The van der Waals surface area contributed by atoms with Gasteiger partial charge in [-0.05, 0) is 100 Å². The Bertz CT molecular complexity index is 2870. The summed E-state index contributed by atoms with van der Waals surface area (Å²) in [6.45, 7) is 9.18. The zero-order chi connectivity index (χ0) is 46.7. The van der Waals surface area contributed by atoms with Gasteiger partial charge in [0.2, 0.25) is 11.6 Å². The molecule has 0 aliphatic rings. The van der Waals surface area contributed by atoms with Crippen LogP contribution < -0.4 is 9.47 Å². The minimum atomic E-state index is -0.800. The lowest BCUT2D eigenvalue weighted by Gasteiger charge is -2.13. The zero-order valence-electron chi connectivity index (χ0n) is 37.0. The number of ether oxygens (including phenoxy) is 2. The smallest absolute Gasteiger partial charge is 0.303 e. The molecule has 0 unspecified atom stereocenters. The summed E-state index contributed by atoms with van der Waals surface area (Å²) in [5.41, 5.74) is 5.68. The Morgan fingerprint density at radius 1 is 0.652 bits per heavy atom. The largest absolute Gasteiger partial charge is 0.489 e. The molecule has 16 heteroatoms. The van der Waals surface area contributed by atoms with Gasteiger partial charge in [0, 0.05) is 82.4 Å². The van der Waals surface area contributed by atoms with Crippen molar-refractivity contribution in [3.05, 3.63) is 108 Å². The number of carboxylic acid groups (broad SMARTS) is 2. The minimum absolute atomic E-state index is 0.00915. The highest BCUT2D eigenvalue weighted by atomic mass is 16.5. The van der Waals surface area contributed by atoms with Crippen LogP contribution in [-0.2, 0) is 22.7 Å². The average Bonchev–Trinajstić information content (AvgIpc) is 4.17. The number of nitrogens with zero attached hydrogens (tertiary/aromatic N) is 8. The third kappa shape index (κ3) is 10.6. The molecule has 8 rings (SSSR count). The van der Waals surface area contributed by atoms with E-state index in [-0.39, 0.29) is 25.0 Å². The first-order valence-electron chi connectivity index (χ1n) is 21.7. The van der Waals surface area contributed by atoms with Crippen molar-refractivity contribution in [1.82, 2.24) is 29.4 Å². The summed E-state index contributed by atoms with van der Waals surface area (Å²) in [4.78, 5) is 30.7. The van der Waals surface area contributed by atoms with Gasteiger partial charge < -0.3 is 37.9 Å². The third-order valence-corrected chi connectivity index (χ3v) is 11.0. The normalized spacial score (nSPS) is 11.9. The number of aliphatic carboxylic acids is 2. The molecule has 0 fully saturated rings. The van der Waals surface area contributed by atoms with Crippen molar-refractivity contribution in [2.45, 2.75) is 91.5 Å². The van der Waals surface area contributed by atoms with Crippen LogP contribution in [0.25, 0.3) is 67.5 Å². The fourth-order valence-corrected chi connectivity index (χ4v) is 7.23. The summed E-state index contributed by atoms with van der Waals surface area (Å²) in [6, 6.07) is 30.4. The first-order chi connectivity index (χ1) is 32.0. The van der Waals surface area contributed by atoms with E-state index in [1.807, 2.05) is 97.8 Å². The van der Waals surface area contributed by atoms with Gasteiger partial charge in [-0.15, -0.1) is 0 Å². The second-order valence-electron chi connectivity index (χ2n) is 15.7. The molecule has 4 heterocycles. The van der Waals surface area contributed by atoms with Crippen LogP contribution in [0, 0.1) is 22.7 Å². The van der Waals surface area contributed by atoms with Crippen molar-refractivity contribution >= 4 is 33.7 Å². The van der Waals surface area contributed by atoms with Crippen LogP contribution in [0.2, 0.25) is 0 Å². The van der Waals surface area contributed by atoms with E-state index in [1.54, 1.807) is 36.4 Å². The summed E-state index contributed by atoms with van der Waals surface area (Å²) >= 11 is 0. The number of carbonyl (C=O) groups is 2. The Kier molecular flexibility index (Phi) is 14.5. The van der Waals surface area contributed by atoms with Gasteiger partial charge in [-0.3, -0.25) is 9.59 Å². The summed E-state index contributed by atoms with van der Waals surface area (Å²) in [5, 5.41) is 47.1. The molecule has 0 saturated carbocycles. The van der Waals surface area contributed by atoms with E-state index in [2.05, 4.69) is 32.4 Å². The Labute approximate surface area is 380 Å². The minimum Gasteiger partial charge on any atom is -0.489 e. The van der Waals surface area contributed by atoms with E-state index in [0.29, 0.717) is 83.1 Å². The summed E-state index contributed by atoms with van der Waals surface area (Å²) < 4.78 is 26.7. The standard InChI is InChI=1S/2C25H24N4O4/c2*1-3-16(2)32-22-10-9-17(14-18(22)15-26)25-27-24(28-33-25)20-6-4-7-21-19(20)11-13-29(21)12-5-8-23(30)31/h2*4,6-7,9-11,13-14,16H,3,5,8,12H2,1-2H3,(H,30,31)/t2*16-/m10/s1. The molecule has 2 N–H and O–H groups in total. The molecule has 8 aromatic rings. The van der Waals surface area contributed by atoms with E-state index in [0.717, 1.165) is 45.8 Å². The molecular weight excluding hydrogens is 841 g/mol. The van der Waals surface area contributed by atoms with Crippen molar-refractivity contribution in [3.63, 3.8) is 0 Å². The van der Waals surface area contributed by atoms with E-state index >= 15 is 0 Å². The highest BCUT2D eigenvalue weighted by molar-refractivity contribution is 5.95. The van der Waals surface area contributed by atoms with Gasteiger partial charge in [-0.1, -0.05) is 48.4 Å². The molecule has 4 aromatic heterocycles. The number of hydrogen-bond acceptors (Lipinski definition) is 12. The summed E-state index contributed by atoms with van der Waals surface area (Å²) in [6.07, 6.45) is 6.92. The van der Waals surface area contributed by atoms with Gasteiger partial charge >= 0.3 is 11.9 Å². The van der Waals surface area contributed by atoms with Crippen LogP contribution in [0.3, 0.4) is 0 Å². The number of fused-ring (bicyclic) bond motifs is 2. The van der Waals surface area contributed by atoms with Crippen molar-refractivity contribution in [1.29, 1.82) is 10.5 Å². The van der Waals surface area contributed by atoms with Crippen molar-refractivity contribution in [3.8, 4) is 69.3 Å². The number of aryl methyl sites for hydroxylation is 2. The fourth-order valence-electron chi connectivity index (χ4n) is 7.23. The number of benzene rings is 4. The van der Waals surface area contributed by atoms with Crippen LogP contribution in [0.15, 0.2) is 106 Å². The van der Waals surface area contributed by atoms with Crippen molar-refractivity contribution < 1.29 is 38.3 Å². The number of hydrogen-bond donors (Lipinski definition) is 2. The van der Waals surface area contributed by atoms with Crippen LogP contribution in [0.5, 0.6) is 11.5 Å². The van der Waals surface area contributed by atoms with Gasteiger partial charge in [-0.25, -0.2) is 0 Å². The average molecular weight is 889 g/mol. The van der Waals surface area contributed by atoms with Gasteiger partial charge in [0.15, 0.2) is 0 Å². The number of nitriles is 2. The fraction of sp³-hybridized carbons (Fsp3) is 0.280. The molecule has 0 radical (unpaired) electrons. The maximum Gasteiger partial charge on any atom is 0.303 e. The quantitative estimate of drug-likeness (QED) is 0.0817. The molecule has 0 aliphatic heterocycles. The van der Waals surface area contributed by atoms with Crippen LogP contribution in [0.4, 0.5) is 0 Å². The monoisotopic (exact) mass is 888 g/mol. The zero-order valence-corrected chi connectivity index (χ0v) is 37.0. The molecule has 4 aromatic carbocycles. The van der Waals surface area contributed by atoms with E-state index in [9.17, 15) is 20.1 Å². The topological polar surface area (TPSA) is 228 Å². The maximum absolute atomic E-state index is 10.8. The molecule has 16 nitrogen and oxygen atoms in total. The Morgan fingerprint density at radius 2 is 1.08 bits per heavy atom. The molecule has 66 heavy (non-hydrogen) atoms. The first-order valence-corrected chi connectivity index (χ1v) is 21.7. The van der Waals surface area contributed by atoms with Crippen molar-refractivity contribution in [2.75, 3.05) is 0 Å². The molecule has 2 atom stereocenters.